The Morgan fingerprint density at radius 3 is 2.71 bits per heavy atom. The minimum Gasteiger partial charge on any atom is -0.478 e. The average molecular weight is 253 g/mol. The summed E-state index contributed by atoms with van der Waals surface area (Å²) in [7, 11) is 0. The smallest absolute Gasteiger partial charge is 0.338 e. The van der Waals surface area contributed by atoms with Crippen molar-refractivity contribution in [3.05, 3.63) is 45.1 Å². The van der Waals surface area contributed by atoms with E-state index in [1.807, 2.05) is 0 Å². The van der Waals surface area contributed by atoms with Crippen molar-refractivity contribution in [2.45, 2.75) is 0 Å². The standard InChI is InChI=1S/C10H5ClN2O4/c11-9-7(10(14)15)3-5-1-2-6(13(16)17)4-8(5)12-9/h1-4H,(H,14,15). The van der Waals surface area contributed by atoms with Crippen LogP contribution in [0.15, 0.2) is 24.3 Å². The van der Waals surface area contributed by atoms with Gasteiger partial charge in [0.2, 0.25) is 0 Å². The first kappa shape index (κ1) is 11.3. The van der Waals surface area contributed by atoms with E-state index in [4.69, 9.17) is 16.7 Å². The molecule has 7 heteroatoms. The maximum absolute atomic E-state index is 10.8. The molecule has 1 N–H and O–H groups in total. The summed E-state index contributed by atoms with van der Waals surface area (Å²) in [5.74, 6) is -1.19. The van der Waals surface area contributed by atoms with Crippen LogP contribution in [0, 0.1) is 10.1 Å². The van der Waals surface area contributed by atoms with E-state index in [0.29, 0.717) is 5.39 Å². The summed E-state index contributed by atoms with van der Waals surface area (Å²) >= 11 is 5.67. The summed E-state index contributed by atoms with van der Waals surface area (Å²) in [5.41, 5.74) is 0.0337. The lowest BCUT2D eigenvalue weighted by molar-refractivity contribution is -0.384. The molecule has 0 fully saturated rings. The molecule has 17 heavy (non-hydrogen) atoms. The molecule has 0 amide bonds. The lowest BCUT2D eigenvalue weighted by Gasteiger charge is -2.01. The van der Waals surface area contributed by atoms with Crippen molar-refractivity contribution in [2.75, 3.05) is 0 Å². The number of carboxylic acids is 1. The lowest BCUT2D eigenvalue weighted by atomic mass is 10.1. The van der Waals surface area contributed by atoms with Gasteiger partial charge in [0.05, 0.1) is 16.0 Å². The van der Waals surface area contributed by atoms with Gasteiger partial charge in [-0.1, -0.05) is 11.6 Å². The fourth-order valence-corrected chi connectivity index (χ4v) is 1.62. The highest BCUT2D eigenvalue weighted by Crippen LogP contribution is 2.24. The number of hydrogen-bond donors (Lipinski definition) is 1. The molecule has 0 spiro atoms. The highest BCUT2D eigenvalue weighted by atomic mass is 35.5. The summed E-state index contributed by atoms with van der Waals surface area (Å²) in [5, 5.41) is 19.7. The number of nitro benzene ring substituents is 1. The van der Waals surface area contributed by atoms with Gasteiger partial charge in [0.1, 0.15) is 5.15 Å². The summed E-state index contributed by atoms with van der Waals surface area (Å²) in [6.45, 7) is 0. The Balaban J connectivity index is 2.70. The normalized spacial score (nSPS) is 10.4. The van der Waals surface area contributed by atoms with Crippen molar-refractivity contribution >= 4 is 34.2 Å². The van der Waals surface area contributed by atoms with Crippen LogP contribution < -0.4 is 0 Å². The van der Waals surface area contributed by atoms with Gasteiger partial charge in [0.25, 0.3) is 5.69 Å². The number of hydrogen-bond acceptors (Lipinski definition) is 4. The second-order valence-electron chi connectivity index (χ2n) is 3.27. The Kier molecular flexibility index (Phi) is 2.64. The predicted molar refractivity (Wildman–Crippen MR) is 60.4 cm³/mol. The third kappa shape index (κ3) is 2.02. The molecule has 1 heterocycles. The van der Waals surface area contributed by atoms with E-state index in [1.54, 1.807) is 0 Å². The number of benzene rings is 1. The Morgan fingerprint density at radius 1 is 1.41 bits per heavy atom. The Labute approximate surface area is 99.6 Å². The van der Waals surface area contributed by atoms with Crippen molar-refractivity contribution in [3.8, 4) is 0 Å². The van der Waals surface area contributed by atoms with Crippen molar-refractivity contribution in [1.29, 1.82) is 0 Å². The van der Waals surface area contributed by atoms with Crippen molar-refractivity contribution in [3.63, 3.8) is 0 Å². The van der Waals surface area contributed by atoms with E-state index >= 15 is 0 Å². The van der Waals surface area contributed by atoms with Crippen LogP contribution in [-0.2, 0) is 0 Å². The van der Waals surface area contributed by atoms with Gasteiger partial charge in [-0.05, 0) is 12.1 Å². The van der Waals surface area contributed by atoms with Crippen LogP contribution >= 0.6 is 11.6 Å². The topological polar surface area (TPSA) is 93.3 Å². The number of aromatic carboxylic acids is 1. The van der Waals surface area contributed by atoms with Crippen molar-refractivity contribution < 1.29 is 14.8 Å². The number of rotatable bonds is 2. The van der Waals surface area contributed by atoms with Gasteiger partial charge in [-0.3, -0.25) is 10.1 Å². The molecule has 0 bridgehead atoms. The SMILES string of the molecule is O=C(O)c1cc2ccc([N+](=O)[O-])cc2nc1Cl. The van der Waals surface area contributed by atoms with Crippen molar-refractivity contribution in [2.24, 2.45) is 0 Å². The van der Waals surface area contributed by atoms with Gasteiger partial charge in [0, 0.05) is 17.5 Å². The largest absolute Gasteiger partial charge is 0.478 e. The van der Waals surface area contributed by atoms with Crippen LogP contribution in [0.25, 0.3) is 10.9 Å². The number of fused-ring (bicyclic) bond motifs is 1. The third-order valence-electron chi connectivity index (χ3n) is 2.20. The van der Waals surface area contributed by atoms with Crippen molar-refractivity contribution in [1.82, 2.24) is 4.98 Å². The highest BCUT2D eigenvalue weighted by Gasteiger charge is 2.13. The zero-order chi connectivity index (χ0) is 12.6. The minimum absolute atomic E-state index is 0.121. The zero-order valence-electron chi connectivity index (χ0n) is 8.25. The molecular formula is C10H5ClN2O4. The molecule has 0 unspecified atom stereocenters. The van der Waals surface area contributed by atoms with E-state index in [9.17, 15) is 14.9 Å². The number of pyridine rings is 1. The Hall–Kier alpha value is -2.21. The Morgan fingerprint density at radius 2 is 2.12 bits per heavy atom. The van der Waals surface area contributed by atoms with Crippen LogP contribution in [0.4, 0.5) is 5.69 Å². The van der Waals surface area contributed by atoms with Gasteiger partial charge in [-0.25, -0.2) is 9.78 Å². The second-order valence-corrected chi connectivity index (χ2v) is 3.62. The lowest BCUT2D eigenvalue weighted by Crippen LogP contribution is -1.99. The van der Waals surface area contributed by atoms with Crippen LogP contribution in [-0.4, -0.2) is 21.0 Å². The number of halogens is 1. The first-order chi connectivity index (χ1) is 7.99. The van der Waals surface area contributed by atoms with Gasteiger partial charge in [0.15, 0.2) is 0 Å². The monoisotopic (exact) mass is 252 g/mol. The van der Waals surface area contributed by atoms with E-state index < -0.39 is 10.9 Å². The zero-order valence-corrected chi connectivity index (χ0v) is 9.01. The average Bonchev–Trinajstić information content (AvgIpc) is 2.26. The first-order valence-corrected chi connectivity index (χ1v) is 4.85. The molecule has 0 aliphatic carbocycles. The molecule has 0 atom stereocenters. The van der Waals surface area contributed by atoms with Gasteiger partial charge in [-0.15, -0.1) is 0 Å². The van der Waals surface area contributed by atoms with E-state index in [0.717, 1.165) is 0 Å². The molecule has 1 aromatic carbocycles. The van der Waals surface area contributed by atoms with E-state index in [2.05, 4.69) is 4.98 Å². The quantitative estimate of drug-likeness (QED) is 0.503. The minimum atomic E-state index is -1.19. The number of nitrogens with zero attached hydrogens (tertiary/aromatic N) is 2. The van der Waals surface area contributed by atoms with Crippen LogP contribution in [0.1, 0.15) is 10.4 Å². The third-order valence-corrected chi connectivity index (χ3v) is 2.48. The summed E-state index contributed by atoms with van der Waals surface area (Å²) in [4.78, 5) is 24.6. The van der Waals surface area contributed by atoms with Gasteiger partial charge < -0.3 is 5.11 Å². The molecule has 0 aliphatic heterocycles. The van der Waals surface area contributed by atoms with Gasteiger partial charge in [-0.2, -0.15) is 0 Å². The van der Waals surface area contributed by atoms with E-state index in [-0.39, 0.29) is 21.9 Å². The Bertz CT molecular complexity index is 641. The molecule has 0 aliphatic rings. The first-order valence-electron chi connectivity index (χ1n) is 4.47. The molecule has 2 aromatic rings. The molecule has 86 valence electrons. The molecule has 0 saturated heterocycles. The maximum Gasteiger partial charge on any atom is 0.338 e. The number of aromatic nitrogens is 1. The highest BCUT2D eigenvalue weighted by molar-refractivity contribution is 6.32. The maximum atomic E-state index is 10.8. The molecule has 6 nitrogen and oxygen atoms in total. The number of carbonyl (C=O) groups is 1. The summed E-state index contributed by atoms with van der Waals surface area (Å²) < 4.78 is 0. The fraction of sp³-hybridized carbons (Fsp3) is 0. The number of nitro groups is 1. The summed E-state index contributed by atoms with van der Waals surface area (Å²) in [6.07, 6.45) is 0. The number of carboxylic acid groups (broad SMARTS) is 1. The van der Waals surface area contributed by atoms with Crippen LogP contribution in [0.3, 0.4) is 0 Å². The molecule has 0 radical (unpaired) electrons. The molecule has 0 saturated carbocycles. The van der Waals surface area contributed by atoms with Crippen LogP contribution in [0.2, 0.25) is 5.15 Å². The second kappa shape index (κ2) is 3.99. The summed E-state index contributed by atoms with van der Waals surface area (Å²) in [6, 6.07) is 5.29. The fourth-order valence-electron chi connectivity index (χ4n) is 1.40. The molecule has 2 rings (SSSR count). The number of non-ortho nitro benzene ring substituents is 1. The molecule has 1 aromatic heterocycles. The van der Waals surface area contributed by atoms with E-state index in [1.165, 1.54) is 24.3 Å². The molecular weight excluding hydrogens is 248 g/mol. The predicted octanol–water partition coefficient (Wildman–Crippen LogP) is 2.49. The van der Waals surface area contributed by atoms with Crippen LogP contribution in [0.5, 0.6) is 0 Å². The van der Waals surface area contributed by atoms with Gasteiger partial charge >= 0.3 is 5.97 Å².